The van der Waals surface area contributed by atoms with E-state index in [0.29, 0.717) is 16.3 Å². The molecule has 4 nitrogen and oxygen atoms in total. The molecule has 2 aromatic heterocycles. The van der Waals surface area contributed by atoms with Crippen LogP contribution in [0, 0.1) is 13.8 Å². The van der Waals surface area contributed by atoms with Gasteiger partial charge in [-0.1, -0.05) is 23.7 Å². The Balaban J connectivity index is 1.89. The summed E-state index contributed by atoms with van der Waals surface area (Å²) in [5.74, 6) is -0.124. The molecule has 0 saturated heterocycles. The number of hydrogen-bond acceptors (Lipinski definition) is 3. The van der Waals surface area contributed by atoms with Gasteiger partial charge in [0.25, 0.3) is 5.91 Å². The number of thiophene rings is 1. The van der Waals surface area contributed by atoms with Gasteiger partial charge in [-0.3, -0.25) is 4.79 Å². The molecule has 136 valence electrons. The van der Waals surface area contributed by atoms with Crippen LogP contribution in [0.1, 0.15) is 26.6 Å². The number of carbonyl (C=O) groups excluding carboxylic acids is 1. The molecule has 1 amide bonds. The fraction of sp³-hybridized carbons (Fsp3) is 0.250. The molecule has 0 aliphatic rings. The molecular formula is C20H22ClN3OS. The van der Waals surface area contributed by atoms with Crippen molar-refractivity contribution in [2.45, 2.75) is 20.4 Å². The number of nitrogens with zero attached hydrogens (tertiary/aromatic N) is 2. The predicted molar refractivity (Wildman–Crippen MR) is 111 cm³/mol. The lowest BCUT2D eigenvalue weighted by Gasteiger charge is -2.19. The monoisotopic (exact) mass is 387 g/mol. The minimum absolute atomic E-state index is 0.124. The molecule has 0 bridgehead atoms. The minimum atomic E-state index is -0.124. The number of amides is 1. The van der Waals surface area contributed by atoms with E-state index in [9.17, 15) is 4.79 Å². The molecule has 0 spiro atoms. The predicted octanol–water partition coefficient (Wildman–Crippen LogP) is 5.19. The van der Waals surface area contributed by atoms with Gasteiger partial charge in [0.1, 0.15) is 0 Å². The molecule has 1 N–H and O–H groups in total. The Hall–Kier alpha value is -2.24. The molecule has 26 heavy (non-hydrogen) atoms. The number of hydrogen-bond donors (Lipinski definition) is 1. The summed E-state index contributed by atoms with van der Waals surface area (Å²) in [5.41, 5.74) is 4.22. The van der Waals surface area contributed by atoms with Gasteiger partial charge in [-0.25, -0.2) is 0 Å². The number of aromatic nitrogens is 1. The second kappa shape index (κ2) is 7.56. The van der Waals surface area contributed by atoms with E-state index in [1.807, 2.05) is 63.2 Å². The average Bonchev–Trinajstić information content (AvgIpc) is 3.18. The maximum absolute atomic E-state index is 12.9. The summed E-state index contributed by atoms with van der Waals surface area (Å²) in [4.78, 5) is 16.1. The fourth-order valence-electron chi connectivity index (χ4n) is 3.09. The van der Waals surface area contributed by atoms with E-state index in [1.54, 1.807) is 11.3 Å². The van der Waals surface area contributed by atoms with E-state index in [-0.39, 0.29) is 5.91 Å². The Labute approximate surface area is 163 Å². The number of anilines is 2. The minimum Gasteiger partial charge on any atom is -0.375 e. The topological polar surface area (TPSA) is 37.3 Å². The first-order valence-electron chi connectivity index (χ1n) is 8.34. The van der Waals surface area contributed by atoms with Crippen molar-refractivity contribution in [2.24, 2.45) is 0 Å². The third-order valence-corrected chi connectivity index (χ3v) is 5.56. The van der Waals surface area contributed by atoms with Crippen LogP contribution in [0.3, 0.4) is 0 Å². The van der Waals surface area contributed by atoms with E-state index in [1.165, 1.54) is 4.88 Å². The van der Waals surface area contributed by atoms with E-state index < -0.39 is 0 Å². The second-order valence-corrected chi connectivity index (χ2v) is 7.87. The highest BCUT2D eigenvalue weighted by Gasteiger charge is 2.18. The third-order valence-electron chi connectivity index (χ3n) is 4.39. The molecule has 0 radical (unpaired) electrons. The molecule has 0 aliphatic carbocycles. The van der Waals surface area contributed by atoms with Crippen LogP contribution in [-0.4, -0.2) is 24.6 Å². The number of aryl methyl sites for hydroxylation is 1. The first kappa shape index (κ1) is 18.5. The van der Waals surface area contributed by atoms with Gasteiger partial charge >= 0.3 is 0 Å². The van der Waals surface area contributed by atoms with Crippen LogP contribution in [0.4, 0.5) is 11.4 Å². The van der Waals surface area contributed by atoms with Crippen LogP contribution in [-0.2, 0) is 6.54 Å². The Morgan fingerprint density at radius 1 is 1.23 bits per heavy atom. The zero-order valence-electron chi connectivity index (χ0n) is 15.3. The standard InChI is InChI=1S/C20H22ClN3OS/c1-13-11-16(14(2)24(13)12-15-7-6-10-26-15)20(25)22-18-9-5-8-17(21)19(18)23(3)4/h5-11H,12H2,1-4H3,(H,22,25). The van der Waals surface area contributed by atoms with Crippen molar-refractivity contribution in [3.63, 3.8) is 0 Å². The van der Waals surface area contributed by atoms with Crippen molar-refractivity contribution >= 4 is 40.2 Å². The lowest BCUT2D eigenvalue weighted by molar-refractivity contribution is 0.102. The second-order valence-electron chi connectivity index (χ2n) is 6.43. The SMILES string of the molecule is Cc1cc(C(=O)Nc2cccc(Cl)c2N(C)C)c(C)n1Cc1cccs1. The van der Waals surface area contributed by atoms with Gasteiger partial charge in [0.2, 0.25) is 0 Å². The van der Waals surface area contributed by atoms with Gasteiger partial charge in [0.05, 0.1) is 28.5 Å². The molecule has 0 unspecified atom stereocenters. The van der Waals surface area contributed by atoms with E-state index in [2.05, 4.69) is 21.3 Å². The summed E-state index contributed by atoms with van der Waals surface area (Å²) in [5, 5.41) is 5.69. The van der Waals surface area contributed by atoms with Gasteiger partial charge in [-0.05, 0) is 43.5 Å². The summed E-state index contributed by atoms with van der Waals surface area (Å²) in [6, 6.07) is 11.6. The summed E-state index contributed by atoms with van der Waals surface area (Å²) in [7, 11) is 3.81. The van der Waals surface area contributed by atoms with Gasteiger partial charge in [0.15, 0.2) is 0 Å². The van der Waals surface area contributed by atoms with Crippen LogP contribution in [0.15, 0.2) is 41.8 Å². The van der Waals surface area contributed by atoms with Crippen LogP contribution >= 0.6 is 22.9 Å². The maximum Gasteiger partial charge on any atom is 0.257 e. The highest BCUT2D eigenvalue weighted by atomic mass is 35.5. The lowest BCUT2D eigenvalue weighted by Crippen LogP contribution is -2.17. The van der Waals surface area contributed by atoms with Crippen LogP contribution in [0.5, 0.6) is 0 Å². The first-order valence-corrected chi connectivity index (χ1v) is 9.60. The summed E-state index contributed by atoms with van der Waals surface area (Å²) >= 11 is 8.02. The van der Waals surface area contributed by atoms with Crippen molar-refractivity contribution < 1.29 is 4.79 Å². The Morgan fingerprint density at radius 2 is 2.00 bits per heavy atom. The van der Waals surface area contributed by atoms with Gasteiger partial charge in [-0.15, -0.1) is 11.3 Å². The number of benzene rings is 1. The van der Waals surface area contributed by atoms with E-state index in [4.69, 9.17) is 11.6 Å². The first-order chi connectivity index (χ1) is 12.4. The average molecular weight is 388 g/mol. The van der Waals surface area contributed by atoms with Gasteiger partial charge in [-0.2, -0.15) is 0 Å². The number of rotatable bonds is 5. The van der Waals surface area contributed by atoms with E-state index in [0.717, 1.165) is 23.6 Å². The van der Waals surface area contributed by atoms with Crippen LogP contribution < -0.4 is 10.2 Å². The molecule has 0 atom stereocenters. The van der Waals surface area contributed by atoms with Crippen molar-refractivity contribution in [1.82, 2.24) is 4.57 Å². The smallest absolute Gasteiger partial charge is 0.257 e. The summed E-state index contributed by atoms with van der Waals surface area (Å²) in [6.45, 7) is 4.80. The van der Waals surface area contributed by atoms with Crippen molar-refractivity contribution in [3.8, 4) is 0 Å². The fourth-order valence-corrected chi connectivity index (χ4v) is 4.13. The summed E-state index contributed by atoms with van der Waals surface area (Å²) in [6.07, 6.45) is 0. The summed E-state index contributed by atoms with van der Waals surface area (Å²) < 4.78 is 2.17. The maximum atomic E-state index is 12.9. The van der Waals surface area contributed by atoms with Crippen molar-refractivity contribution in [2.75, 3.05) is 24.3 Å². The van der Waals surface area contributed by atoms with E-state index >= 15 is 0 Å². The molecular weight excluding hydrogens is 366 g/mol. The van der Waals surface area contributed by atoms with Crippen molar-refractivity contribution in [3.05, 3.63) is 68.6 Å². The Morgan fingerprint density at radius 3 is 2.65 bits per heavy atom. The largest absolute Gasteiger partial charge is 0.375 e. The number of carbonyl (C=O) groups is 1. The van der Waals surface area contributed by atoms with Crippen LogP contribution in [0.2, 0.25) is 5.02 Å². The molecule has 1 aromatic carbocycles. The number of nitrogens with one attached hydrogen (secondary N) is 1. The lowest BCUT2D eigenvalue weighted by atomic mass is 10.2. The van der Waals surface area contributed by atoms with Gasteiger partial charge < -0.3 is 14.8 Å². The molecule has 2 heterocycles. The Kier molecular flexibility index (Phi) is 5.39. The molecule has 6 heteroatoms. The molecule has 0 fully saturated rings. The van der Waals surface area contributed by atoms with Crippen molar-refractivity contribution in [1.29, 1.82) is 0 Å². The zero-order valence-corrected chi connectivity index (χ0v) is 16.9. The normalized spacial score (nSPS) is 10.8. The molecule has 0 aliphatic heterocycles. The van der Waals surface area contributed by atoms with Gasteiger partial charge in [0, 0.05) is 30.4 Å². The molecule has 3 rings (SSSR count). The van der Waals surface area contributed by atoms with Crippen LogP contribution in [0.25, 0.3) is 0 Å². The molecule has 0 saturated carbocycles. The zero-order chi connectivity index (χ0) is 18.8. The highest BCUT2D eigenvalue weighted by molar-refractivity contribution is 7.09. The Bertz CT molecular complexity index is 929. The quantitative estimate of drug-likeness (QED) is 0.654. The third kappa shape index (κ3) is 3.64. The number of halogens is 1. The number of para-hydroxylation sites is 1. The highest BCUT2D eigenvalue weighted by Crippen LogP contribution is 2.33. The molecule has 3 aromatic rings.